The molecule has 3 heterocycles. The monoisotopic (exact) mass is 557 g/mol. The molecular weight excluding hydrogens is 522 g/mol. The van der Waals surface area contributed by atoms with Crippen molar-refractivity contribution in [1.82, 2.24) is 20.0 Å². The molecule has 4 atom stereocenters. The SMILES string of the molecule is CC(C)C(=O)OCC1OC(n2cc3c(N)cc4c(=O)[nH]ncc(n2)c34)C(C)(OC(=O)C(C)C)C1OC(=O)C(C)C. The smallest absolute Gasteiger partial charge is 0.309 e. The quantitative estimate of drug-likeness (QED) is 0.307. The normalized spacial score (nSPS) is 22.9. The van der Waals surface area contributed by atoms with Crippen molar-refractivity contribution >= 4 is 45.3 Å². The fourth-order valence-corrected chi connectivity index (χ4v) is 4.51. The molecule has 3 N–H and O–H groups in total. The van der Waals surface area contributed by atoms with E-state index in [4.69, 9.17) is 24.7 Å². The molecule has 0 radical (unpaired) electrons. The van der Waals surface area contributed by atoms with Gasteiger partial charge in [0.1, 0.15) is 18.2 Å². The lowest BCUT2D eigenvalue weighted by molar-refractivity contribution is -0.192. The molecule has 1 saturated heterocycles. The van der Waals surface area contributed by atoms with Crippen LogP contribution >= 0.6 is 0 Å². The van der Waals surface area contributed by atoms with Crippen LogP contribution in [0.3, 0.4) is 0 Å². The Hall–Kier alpha value is -4.00. The summed E-state index contributed by atoms with van der Waals surface area (Å²) in [5.41, 5.74) is 4.85. The van der Waals surface area contributed by atoms with Gasteiger partial charge in [-0.05, 0) is 13.0 Å². The number of aromatic amines is 1. The third-order valence-electron chi connectivity index (χ3n) is 6.79. The van der Waals surface area contributed by atoms with E-state index in [2.05, 4.69) is 15.3 Å². The third-order valence-corrected chi connectivity index (χ3v) is 6.79. The van der Waals surface area contributed by atoms with Crippen molar-refractivity contribution in [2.24, 2.45) is 17.8 Å². The number of anilines is 1. The summed E-state index contributed by atoms with van der Waals surface area (Å²) in [4.78, 5) is 50.6. The van der Waals surface area contributed by atoms with Gasteiger partial charge in [0, 0.05) is 22.7 Å². The molecule has 2 aromatic heterocycles. The van der Waals surface area contributed by atoms with Crippen LogP contribution in [0.15, 0.2) is 23.3 Å². The molecule has 0 aliphatic carbocycles. The van der Waals surface area contributed by atoms with E-state index < -0.39 is 65.3 Å². The Bertz CT molecular complexity index is 1510. The van der Waals surface area contributed by atoms with Crippen LogP contribution in [0.25, 0.3) is 21.7 Å². The highest BCUT2D eigenvalue weighted by Crippen LogP contribution is 2.44. The largest absolute Gasteiger partial charge is 0.463 e. The number of hydrogen-bond donors (Lipinski definition) is 2. The molecule has 3 aromatic rings. The summed E-state index contributed by atoms with van der Waals surface area (Å²) in [5.74, 6) is -3.00. The van der Waals surface area contributed by atoms with Crippen molar-refractivity contribution in [1.29, 1.82) is 0 Å². The van der Waals surface area contributed by atoms with E-state index >= 15 is 0 Å². The maximum Gasteiger partial charge on any atom is 0.309 e. The van der Waals surface area contributed by atoms with Crippen molar-refractivity contribution in [3.8, 4) is 0 Å². The number of nitrogens with two attached hydrogens (primary N) is 1. The number of nitrogens with one attached hydrogen (secondary N) is 1. The Balaban J connectivity index is 1.88. The van der Waals surface area contributed by atoms with Crippen molar-refractivity contribution in [3.63, 3.8) is 0 Å². The number of rotatable bonds is 8. The van der Waals surface area contributed by atoms with E-state index in [1.54, 1.807) is 54.7 Å². The summed E-state index contributed by atoms with van der Waals surface area (Å²) in [6.45, 7) is 11.4. The van der Waals surface area contributed by atoms with Crippen LogP contribution in [0.2, 0.25) is 0 Å². The summed E-state index contributed by atoms with van der Waals surface area (Å²) < 4.78 is 25.1. The summed E-state index contributed by atoms with van der Waals surface area (Å²) in [6.07, 6.45) is -0.378. The fourth-order valence-electron chi connectivity index (χ4n) is 4.51. The number of carbonyl (C=O) groups excluding carboxylic acids is 3. The predicted molar refractivity (Wildman–Crippen MR) is 144 cm³/mol. The van der Waals surface area contributed by atoms with Gasteiger partial charge in [0.15, 0.2) is 17.9 Å². The molecule has 216 valence electrons. The summed E-state index contributed by atoms with van der Waals surface area (Å²) in [7, 11) is 0. The van der Waals surface area contributed by atoms with E-state index in [0.717, 1.165) is 0 Å². The van der Waals surface area contributed by atoms with E-state index in [9.17, 15) is 19.2 Å². The minimum Gasteiger partial charge on any atom is -0.463 e. The molecule has 1 fully saturated rings. The van der Waals surface area contributed by atoms with E-state index in [1.807, 2.05) is 0 Å². The van der Waals surface area contributed by atoms with Gasteiger partial charge in [-0.15, -0.1) is 0 Å². The maximum atomic E-state index is 13.0. The molecule has 0 amide bonds. The van der Waals surface area contributed by atoms with Crippen LogP contribution in [0.1, 0.15) is 54.7 Å². The van der Waals surface area contributed by atoms with Gasteiger partial charge in [-0.2, -0.15) is 10.2 Å². The number of nitrogen functional groups attached to an aromatic ring is 1. The fraction of sp³-hybridized carbons (Fsp3) is 0.556. The Morgan fingerprint density at radius 3 is 2.35 bits per heavy atom. The molecular formula is C27H35N5O8. The first-order chi connectivity index (χ1) is 18.7. The number of esters is 3. The molecule has 13 heteroatoms. The summed E-state index contributed by atoms with van der Waals surface area (Å²) in [5, 5.41) is 12.3. The molecule has 4 rings (SSSR count). The van der Waals surface area contributed by atoms with Crippen LogP contribution < -0.4 is 11.3 Å². The average Bonchev–Trinajstić information content (AvgIpc) is 3.29. The molecule has 0 spiro atoms. The zero-order valence-electron chi connectivity index (χ0n) is 23.6. The van der Waals surface area contributed by atoms with Gasteiger partial charge in [-0.25, -0.2) is 9.78 Å². The first kappa shape index (κ1) is 29.0. The Morgan fingerprint density at radius 1 is 1.07 bits per heavy atom. The van der Waals surface area contributed by atoms with Gasteiger partial charge in [0.2, 0.25) is 0 Å². The van der Waals surface area contributed by atoms with E-state index in [1.165, 1.54) is 16.9 Å². The lowest BCUT2D eigenvalue weighted by Crippen LogP contribution is -2.51. The van der Waals surface area contributed by atoms with Crippen molar-refractivity contribution in [3.05, 3.63) is 28.8 Å². The molecule has 1 aliphatic rings. The molecule has 0 saturated carbocycles. The molecule has 0 bridgehead atoms. The number of aromatic nitrogens is 4. The maximum absolute atomic E-state index is 13.0. The Labute approximate surface area is 230 Å². The second kappa shape index (κ2) is 10.9. The van der Waals surface area contributed by atoms with Crippen LogP contribution in [-0.4, -0.2) is 62.3 Å². The van der Waals surface area contributed by atoms with Crippen molar-refractivity contribution < 1.29 is 33.3 Å². The topological polar surface area (TPSA) is 178 Å². The number of carbonyl (C=O) groups is 3. The minimum atomic E-state index is -1.61. The molecule has 1 aliphatic heterocycles. The minimum absolute atomic E-state index is 0.267. The lowest BCUT2D eigenvalue weighted by atomic mass is 9.95. The average molecular weight is 558 g/mol. The van der Waals surface area contributed by atoms with Crippen LogP contribution in [0.4, 0.5) is 5.69 Å². The Kier molecular flexibility index (Phi) is 7.88. The predicted octanol–water partition coefficient (Wildman–Crippen LogP) is 2.48. The van der Waals surface area contributed by atoms with Crippen molar-refractivity contribution in [2.75, 3.05) is 12.3 Å². The summed E-state index contributed by atoms with van der Waals surface area (Å²) in [6, 6.07) is 1.53. The molecule has 4 unspecified atom stereocenters. The van der Waals surface area contributed by atoms with E-state index in [0.29, 0.717) is 27.4 Å². The zero-order valence-corrected chi connectivity index (χ0v) is 23.6. The van der Waals surface area contributed by atoms with Crippen LogP contribution in [0.5, 0.6) is 0 Å². The highest BCUT2D eigenvalue weighted by molar-refractivity contribution is 6.14. The van der Waals surface area contributed by atoms with Gasteiger partial charge in [-0.1, -0.05) is 41.5 Å². The van der Waals surface area contributed by atoms with Gasteiger partial charge in [0.25, 0.3) is 5.56 Å². The van der Waals surface area contributed by atoms with Crippen molar-refractivity contribution in [2.45, 2.75) is 72.5 Å². The van der Waals surface area contributed by atoms with Crippen LogP contribution in [0, 0.1) is 17.8 Å². The second-order valence-corrected chi connectivity index (χ2v) is 11.1. The first-order valence-electron chi connectivity index (χ1n) is 13.1. The number of ether oxygens (including phenoxy) is 4. The van der Waals surface area contributed by atoms with Gasteiger partial charge in [0.05, 0.1) is 29.3 Å². The van der Waals surface area contributed by atoms with Gasteiger partial charge >= 0.3 is 17.9 Å². The standard InChI is InChI=1S/C27H35N5O8/c1-12(2)23(34)37-11-19-21(39-24(35)13(3)4)27(7,40-25(36)14(5)6)26(38-19)32-10-16-17(28)8-15-20(16)18(31-32)9-29-30-22(15)33/h8-10,12-14,19,21,26H,11,28H2,1-7H3,(H,30,33). The van der Waals surface area contributed by atoms with Gasteiger partial charge < -0.3 is 24.7 Å². The van der Waals surface area contributed by atoms with Crippen LogP contribution in [-0.2, 0) is 33.3 Å². The Morgan fingerprint density at radius 2 is 1.73 bits per heavy atom. The lowest BCUT2D eigenvalue weighted by Gasteiger charge is -2.35. The van der Waals surface area contributed by atoms with E-state index in [-0.39, 0.29) is 6.61 Å². The highest BCUT2D eigenvalue weighted by Gasteiger charge is 2.60. The van der Waals surface area contributed by atoms with Gasteiger partial charge in [-0.3, -0.25) is 19.2 Å². The molecule has 13 nitrogen and oxygen atoms in total. The second-order valence-electron chi connectivity index (χ2n) is 11.1. The molecule has 40 heavy (non-hydrogen) atoms. The number of nitrogens with zero attached hydrogens (tertiary/aromatic N) is 3. The zero-order chi connectivity index (χ0) is 29.5. The molecule has 1 aromatic carbocycles. The highest BCUT2D eigenvalue weighted by atomic mass is 16.7. The number of H-pyrrole nitrogens is 1. The number of hydrogen-bond acceptors (Lipinski definition) is 11. The summed E-state index contributed by atoms with van der Waals surface area (Å²) >= 11 is 0. The first-order valence-corrected chi connectivity index (χ1v) is 13.1. The third kappa shape index (κ3) is 5.25.